The van der Waals surface area contributed by atoms with E-state index in [1.54, 1.807) is 11.3 Å². The molecule has 0 saturated heterocycles. The summed E-state index contributed by atoms with van der Waals surface area (Å²) in [6, 6.07) is 11.4. The first-order chi connectivity index (χ1) is 9.63. The lowest BCUT2D eigenvalue weighted by molar-refractivity contribution is -0.115. The maximum absolute atomic E-state index is 11.7. The van der Waals surface area contributed by atoms with Crippen molar-refractivity contribution >= 4 is 50.5 Å². The molecule has 2 N–H and O–H groups in total. The fourth-order valence-electron chi connectivity index (χ4n) is 1.64. The standard InChI is InChI=1S/C14H14BrClN2OS/c15-10-1-3-11(4-2-10)18-14(19)9-17-8-7-12-5-6-13(16)20-12/h1-6,17H,7-9H2,(H,18,19). The fraction of sp³-hybridized carbons (Fsp3) is 0.214. The zero-order chi connectivity index (χ0) is 14.4. The van der Waals surface area contributed by atoms with Crippen LogP contribution in [-0.4, -0.2) is 19.0 Å². The predicted molar refractivity (Wildman–Crippen MR) is 88.7 cm³/mol. The van der Waals surface area contributed by atoms with Gasteiger partial charge in [0.1, 0.15) is 0 Å². The number of carbonyl (C=O) groups excluding carboxylic acids is 1. The second kappa shape index (κ2) is 7.78. The largest absolute Gasteiger partial charge is 0.325 e. The summed E-state index contributed by atoms with van der Waals surface area (Å²) in [6.45, 7) is 1.06. The van der Waals surface area contributed by atoms with Crippen molar-refractivity contribution in [2.24, 2.45) is 0 Å². The zero-order valence-corrected chi connectivity index (χ0v) is 13.8. The molecule has 1 aromatic carbocycles. The number of hydrogen-bond acceptors (Lipinski definition) is 3. The Bertz CT molecular complexity index is 571. The minimum absolute atomic E-state index is 0.0449. The molecule has 0 unspecified atom stereocenters. The lowest BCUT2D eigenvalue weighted by Crippen LogP contribution is -2.29. The molecular weight excluding hydrogens is 360 g/mol. The number of thiophene rings is 1. The van der Waals surface area contributed by atoms with Crippen LogP contribution in [0.25, 0.3) is 0 Å². The van der Waals surface area contributed by atoms with Gasteiger partial charge in [0.25, 0.3) is 0 Å². The van der Waals surface area contributed by atoms with Gasteiger partial charge in [-0.05, 0) is 42.8 Å². The van der Waals surface area contributed by atoms with Crippen LogP contribution in [0.5, 0.6) is 0 Å². The number of carbonyl (C=O) groups is 1. The second-order valence-corrected chi connectivity index (χ2v) is 6.90. The van der Waals surface area contributed by atoms with Crippen LogP contribution in [0.4, 0.5) is 5.69 Å². The van der Waals surface area contributed by atoms with Crippen molar-refractivity contribution < 1.29 is 4.79 Å². The van der Waals surface area contributed by atoms with Crippen molar-refractivity contribution in [2.45, 2.75) is 6.42 Å². The van der Waals surface area contributed by atoms with Crippen LogP contribution in [-0.2, 0) is 11.2 Å². The van der Waals surface area contributed by atoms with Gasteiger partial charge >= 0.3 is 0 Å². The maximum atomic E-state index is 11.7. The van der Waals surface area contributed by atoms with E-state index in [-0.39, 0.29) is 5.91 Å². The predicted octanol–water partition coefficient (Wildman–Crippen LogP) is 3.93. The molecule has 0 saturated carbocycles. The van der Waals surface area contributed by atoms with E-state index in [0.29, 0.717) is 6.54 Å². The number of benzene rings is 1. The van der Waals surface area contributed by atoms with Gasteiger partial charge in [0.2, 0.25) is 5.91 Å². The van der Waals surface area contributed by atoms with Crippen LogP contribution in [0.2, 0.25) is 4.34 Å². The molecule has 1 amide bonds. The SMILES string of the molecule is O=C(CNCCc1ccc(Cl)s1)Nc1ccc(Br)cc1. The average Bonchev–Trinajstić information content (AvgIpc) is 2.83. The molecule has 0 fully saturated rings. The first kappa shape index (κ1) is 15.5. The van der Waals surface area contributed by atoms with Gasteiger partial charge in [0, 0.05) is 21.6 Å². The van der Waals surface area contributed by atoms with Gasteiger partial charge in [0.15, 0.2) is 0 Å². The van der Waals surface area contributed by atoms with E-state index in [4.69, 9.17) is 11.6 Å². The highest BCUT2D eigenvalue weighted by Gasteiger charge is 2.02. The van der Waals surface area contributed by atoms with Crippen molar-refractivity contribution in [3.05, 3.63) is 50.1 Å². The number of rotatable bonds is 6. The maximum Gasteiger partial charge on any atom is 0.238 e. The van der Waals surface area contributed by atoms with Crippen LogP contribution in [0.15, 0.2) is 40.9 Å². The summed E-state index contributed by atoms with van der Waals surface area (Å²) < 4.78 is 1.79. The van der Waals surface area contributed by atoms with Gasteiger partial charge in [-0.2, -0.15) is 0 Å². The van der Waals surface area contributed by atoms with Gasteiger partial charge in [-0.15, -0.1) is 11.3 Å². The molecule has 1 heterocycles. The fourth-order valence-corrected chi connectivity index (χ4v) is 2.99. The molecule has 0 atom stereocenters. The zero-order valence-electron chi connectivity index (χ0n) is 10.7. The van der Waals surface area contributed by atoms with E-state index in [0.717, 1.165) is 27.5 Å². The topological polar surface area (TPSA) is 41.1 Å². The normalized spacial score (nSPS) is 10.5. The van der Waals surface area contributed by atoms with Gasteiger partial charge in [0.05, 0.1) is 10.9 Å². The van der Waals surface area contributed by atoms with Crippen LogP contribution >= 0.6 is 38.9 Å². The highest BCUT2D eigenvalue weighted by molar-refractivity contribution is 9.10. The third-order valence-electron chi connectivity index (χ3n) is 2.59. The van der Waals surface area contributed by atoms with Crippen LogP contribution < -0.4 is 10.6 Å². The van der Waals surface area contributed by atoms with Gasteiger partial charge < -0.3 is 10.6 Å². The Morgan fingerprint density at radius 2 is 1.95 bits per heavy atom. The summed E-state index contributed by atoms with van der Waals surface area (Å²) in [4.78, 5) is 12.9. The van der Waals surface area contributed by atoms with Crippen molar-refractivity contribution in [3.63, 3.8) is 0 Å². The smallest absolute Gasteiger partial charge is 0.238 e. The molecule has 0 aliphatic carbocycles. The molecule has 3 nitrogen and oxygen atoms in total. The van der Waals surface area contributed by atoms with E-state index in [9.17, 15) is 4.79 Å². The third-order valence-corrected chi connectivity index (χ3v) is 4.41. The molecule has 0 spiro atoms. The van der Waals surface area contributed by atoms with Crippen molar-refractivity contribution in [1.29, 1.82) is 0 Å². The van der Waals surface area contributed by atoms with Crippen LogP contribution in [0.3, 0.4) is 0 Å². The summed E-state index contributed by atoms with van der Waals surface area (Å²) in [5.41, 5.74) is 0.796. The number of amides is 1. The van der Waals surface area contributed by atoms with E-state index >= 15 is 0 Å². The first-order valence-corrected chi connectivity index (χ1v) is 8.12. The Hall–Kier alpha value is -0.880. The van der Waals surface area contributed by atoms with Crippen LogP contribution in [0, 0.1) is 0 Å². The minimum Gasteiger partial charge on any atom is -0.325 e. The molecule has 6 heteroatoms. The average molecular weight is 374 g/mol. The number of halogens is 2. The summed E-state index contributed by atoms with van der Waals surface area (Å²) in [7, 11) is 0. The molecule has 106 valence electrons. The van der Waals surface area contributed by atoms with Crippen molar-refractivity contribution in [1.82, 2.24) is 5.32 Å². The Kier molecular flexibility index (Phi) is 6.04. The van der Waals surface area contributed by atoms with E-state index in [1.165, 1.54) is 4.88 Å². The number of anilines is 1. The Labute approximate surface area is 135 Å². The Morgan fingerprint density at radius 1 is 1.20 bits per heavy atom. The van der Waals surface area contributed by atoms with E-state index in [2.05, 4.69) is 26.6 Å². The molecule has 20 heavy (non-hydrogen) atoms. The molecular formula is C14H14BrClN2OS. The Balaban J connectivity index is 1.66. The third kappa shape index (κ3) is 5.25. The summed E-state index contributed by atoms with van der Waals surface area (Å²) >= 11 is 10.8. The van der Waals surface area contributed by atoms with Gasteiger partial charge in [-0.3, -0.25) is 4.79 Å². The molecule has 0 aliphatic heterocycles. The highest BCUT2D eigenvalue weighted by Crippen LogP contribution is 2.21. The van der Waals surface area contributed by atoms with Gasteiger partial charge in [-0.1, -0.05) is 27.5 Å². The molecule has 0 bridgehead atoms. The number of nitrogens with one attached hydrogen (secondary N) is 2. The summed E-state index contributed by atoms with van der Waals surface area (Å²) in [5.74, 6) is -0.0449. The quantitative estimate of drug-likeness (QED) is 0.753. The molecule has 2 rings (SSSR count). The lowest BCUT2D eigenvalue weighted by Gasteiger charge is -2.06. The van der Waals surface area contributed by atoms with Crippen molar-refractivity contribution in [3.8, 4) is 0 Å². The van der Waals surface area contributed by atoms with Gasteiger partial charge in [-0.25, -0.2) is 0 Å². The molecule has 1 aromatic heterocycles. The second-order valence-electron chi connectivity index (χ2n) is 4.19. The molecule has 0 radical (unpaired) electrons. The summed E-state index contributed by atoms with van der Waals surface area (Å²) in [5, 5.41) is 5.95. The highest BCUT2D eigenvalue weighted by atomic mass is 79.9. The van der Waals surface area contributed by atoms with E-state index < -0.39 is 0 Å². The monoisotopic (exact) mass is 372 g/mol. The Morgan fingerprint density at radius 3 is 2.60 bits per heavy atom. The lowest BCUT2D eigenvalue weighted by atomic mass is 10.3. The minimum atomic E-state index is -0.0449. The van der Waals surface area contributed by atoms with Crippen molar-refractivity contribution in [2.75, 3.05) is 18.4 Å². The first-order valence-electron chi connectivity index (χ1n) is 6.14. The van der Waals surface area contributed by atoms with Crippen LogP contribution in [0.1, 0.15) is 4.88 Å². The number of hydrogen-bond donors (Lipinski definition) is 2. The molecule has 2 aromatic rings. The summed E-state index contributed by atoms with van der Waals surface area (Å²) in [6.07, 6.45) is 0.878. The molecule has 0 aliphatic rings. The van der Waals surface area contributed by atoms with E-state index in [1.807, 2.05) is 36.4 Å².